The number of benzene rings is 1. The Morgan fingerprint density at radius 3 is 3.12 bits per heavy atom. The van der Waals surface area contributed by atoms with Crippen LogP contribution >= 0.6 is 11.6 Å². The Hall–Kier alpha value is -1.58. The Balaban J connectivity index is 2.18. The molecule has 0 aliphatic heterocycles. The van der Waals surface area contributed by atoms with Gasteiger partial charge < -0.3 is 5.32 Å². The molecule has 0 atom stereocenters. The Labute approximate surface area is 106 Å². The monoisotopic (exact) mass is 247 g/mol. The van der Waals surface area contributed by atoms with E-state index in [4.69, 9.17) is 11.6 Å². The van der Waals surface area contributed by atoms with Gasteiger partial charge in [-0.15, -0.1) is 0 Å². The zero-order valence-corrected chi connectivity index (χ0v) is 10.4. The molecule has 1 aromatic carbocycles. The summed E-state index contributed by atoms with van der Waals surface area (Å²) in [5, 5.41) is 8.06. The minimum atomic E-state index is 0.713. The van der Waals surface area contributed by atoms with Crippen LogP contribution in [-0.2, 0) is 0 Å². The van der Waals surface area contributed by atoms with Crippen molar-refractivity contribution in [3.05, 3.63) is 53.3 Å². The van der Waals surface area contributed by atoms with Crippen molar-refractivity contribution in [2.75, 3.05) is 13.6 Å². The molecule has 0 saturated heterocycles. The van der Waals surface area contributed by atoms with Crippen LogP contribution in [0.5, 0.6) is 0 Å². The molecule has 0 amide bonds. The Morgan fingerprint density at radius 1 is 1.47 bits per heavy atom. The molecular formula is C13H14ClN3. The fourth-order valence-electron chi connectivity index (χ4n) is 1.50. The summed E-state index contributed by atoms with van der Waals surface area (Å²) in [5.74, 6) is 0. The molecule has 0 radical (unpaired) electrons. The van der Waals surface area contributed by atoms with Crippen LogP contribution in [0.2, 0.25) is 5.02 Å². The fraction of sp³-hybridized carbons (Fsp3) is 0.154. The van der Waals surface area contributed by atoms with Crippen molar-refractivity contribution in [1.82, 2.24) is 15.1 Å². The first-order valence-corrected chi connectivity index (χ1v) is 5.79. The second-order valence-electron chi connectivity index (χ2n) is 3.66. The van der Waals surface area contributed by atoms with Crippen molar-refractivity contribution in [3.8, 4) is 5.69 Å². The number of rotatable bonds is 4. The van der Waals surface area contributed by atoms with E-state index in [1.807, 2.05) is 54.5 Å². The van der Waals surface area contributed by atoms with Gasteiger partial charge in [0, 0.05) is 23.3 Å². The van der Waals surface area contributed by atoms with Gasteiger partial charge in [0.15, 0.2) is 0 Å². The average molecular weight is 248 g/mol. The van der Waals surface area contributed by atoms with E-state index in [0.717, 1.165) is 17.8 Å². The van der Waals surface area contributed by atoms with E-state index in [0.29, 0.717) is 5.02 Å². The summed E-state index contributed by atoms with van der Waals surface area (Å²) in [4.78, 5) is 0. The minimum absolute atomic E-state index is 0.713. The highest BCUT2D eigenvalue weighted by Crippen LogP contribution is 2.14. The SMILES string of the molecule is CNCC=Cc1cnn(-c2cccc(Cl)c2)c1. The molecular weight excluding hydrogens is 234 g/mol. The molecule has 2 aromatic rings. The van der Waals surface area contributed by atoms with Crippen LogP contribution in [0.1, 0.15) is 5.56 Å². The van der Waals surface area contributed by atoms with Crippen molar-refractivity contribution in [3.63, 3.8) is 0 Å². The van der Waals surface area contributed by atoms with Crippen molar-refractivity contribution in [2.24, 2.45) is 0 Å². The standard InChI is InChI=1S/C13H14ClN3/c1-15-7-3-4-11-9-16-17(10-11)13-6-2-5-12(14)8-13/h2-6,8-10,15H,7H2,1H3. The van der Waals surface area contributed by atoms with Gasteiger partial charge in [0.25, 0.3) is 0 Å². The summed E-state index contributed by atoms with van der Waals surface area (Å²) in [5.41, 5.74) is 2.03. The Bertz CT molecular complexity index is 517. The number of hydrogen-bond acceptors (Lipinski definition) is 2. The fourth-order valence-corrected chi connectivity index (χ4v) is 1.68. The van der Waals surface area contributed by atoms with Crippen molar-refractivity contribution in [2.45, 2.75) is 0 Å². The largest absolute Gasteiger partial charge is 0.316 e. The van der Waals surface area contributed by atoms with Gasteiger partial charge in [-0.25, -0.2) is 4.68 Å². The lowest BCUT2D eigenvalue weighted by Gasteiger charge is -2.00. The van der Waals surface area contributed by atoms with E-state index < -0.39 is 0 Å². The molecule has 0 bridgehead atoms. The van der Waals surface area contributed by atoms with E-state index in [1.54, 1.807) is 0 Å². The zero-order chi connectivity index (χ0) is 12.1. The number of aromatic nitrogens is 2. The van der Waals surface area contributed by atoms with Crippen LogP contribution in [0, 0.1) is 0 Å². The van der Waals surface area contributed by atoms with Gasteiger partial charge >= 0.3 is 0 Å². The van der Waals surface area contributed by atoms with Crippen LogP contribution in [0.15, 0.2) is 42.7 Å². The second-order valence-corrected chi connectivity index (χ2v) is 4.09. The van der Waals surface area contributed by atoms with Crippen LogP contribution in [0.3, 0.4) is 0 Å². The number of likely N-dealkylation sites (N-methyl/N-ethyl adjacent to an activating group) is 1. The first-order valence-electron chi connectivity index (χ1n) is 5.41. The summed E-state index contributed by atoms with van der Waals surface area (Å²) in [7, 11) is 1.92. The van der Waals surface area contributed by atoms with E-state index in [9.17, 15) is 0 Å². The van der Waals surface area contributed by atoms with Gasteiger partial charge in [0.1, 0.15) is 0 Å². The molecule has 0 spiro atoms. The number of nitrogens with one attached hydrogen (secondary N) is 1. The molecule has 88 valence electrons. The summed E-state index contributed by atoms with van der Waals surface area (Å²) in [6.45, 7) is 0.850. The maximum absolute atomic E-state index is 5.94. The van der Waals surface area contributed by atoms with Gasteiger partial charge in [-0.05, 0) is 25.2 Å². The van der Waals surface area contributed by atoms with Crippen LogP contribution in [-0.4, -0.2) is 23.4 Å². The molecule has 1 N–H and O–H groups in total. The zero-order valence-electron chi connectivity index (χ0n) is 9.60. The maximum Gasteiger partial charge on any atom is 0.0660 e. The predicted octanol–water partition coefficient (Wildman–Crippen LogP) is 2.76. The molecule has 0 saturated carbocycles. The van der Waals surface area contributed by atoms with E-state index in [1.165, 1.54) is 0 Å². The van der Waals surface area contributed by atoms with Gasteiger partial charge in [-0.1, -0.05) is 29.8 Å². The van der Waals surface area contributed by atoms with Crippen LogP contribution in [0.25, 0.3) is 11.8 Å². The summed E-state index contributed by atoms with van der Waals surface area (Å²) >= 11 is 5.94. The number of nitrogens with zero attached hydrogens (tertiary/aromatic N) is 2. The first-order chi connectivity index (χ1) is 8.29. The smallest absolute Gasteiger partial charge is 0.0660 e. The van der Waals surface area contributed by atoms with Gasteiger partial charge in [-0.2, -0.15) is 5.10 Å². The molecule has 0 aliphatic rings. The molecule has 4 heteroatoms. The summed E-state index contributed by atoms with van der Waals surface area (Å²) < 4.78 is 1.81. The lowest BCUT2D eigenvalue weighted by Crippen LogP contribution is -2.03. The number of hydrogen-bond donors (Lipinski definition) is 1. The molecule has 3 nitrogen and oxygen atoms in total. The lowest BCUT2D eigenvalue weighted by molar-refractivity contribution is 0.880. The Morgan fingerprint density at radius 2 is 2.35 bits per heavy atom. The van der Waals surface area contributed by atoms with E-state index >= 15 is 0 Å². The molecule has 0 unspecified atom stereocenters. The van der Waals surface area contributed by atoms with Crippen molar-refractivity contribution in [1.29, 1.82) is 0 Å². The Kier molecular flexibility index (Phi) is 3.96. The van der Waals surface area contributed by atoms with Gasteiger partial charge in [0.05, 0.1) is 11.9 Å². The highest BCUT2D eigenvalue weighted by atomic mass is 35.5. The third-order valence-corrected chi connectivity index (χ3v) is 2.54. The highest BCUT2D eigenvalue weighted by molar-refractivity contribution is 6.30. The summed E-state index contributed by atoms with van der Waals surface area (Å²) in [6.07, 6.45) is 7.88. The molecule has 1 aromatic heterocycles. The van der Waals surface area contributed by atoms with Gasteiger partial charge in [0.2, 0.25) is 0 Å². The minimum Gasteiger partial charge on any atom is -0.316 e. The molecule has 17 heavy (non-hydrogen) atoms. The first kappa shape index (κ1) is 11.9. The third kappa shape index (κ3) is 3.19. The summed E-state index contributed by atoms with van der Waals surface area (Å²) in [6, 6.07) is 7.62. The van der Waals surface area contributed by atoms with Crippen molar-refractivity contribution < 1.29 is 0 Å². The van der Waals surface area contributed by atoms with Crippen molar-refractivity contribution >= 4 is 17.7 Å². The second kappa shape index (κ2) is 5.66. The topological polar surface area (TPSA) is 29.9 Å². The predicted molar refractivity (Wildman–Crippen MR) is 71.5 cm³/mol. The van der Waals surface area contributed by atoms with Crippen LogP contribution < -0.4 is 5.32 Å². The lowest BCUT2D eigenvalue weighted by atomic mass is 10.3. The molecule has 1 heterocycles. The van der Waals surface area contributed by atoms with E-state index in [2.05, 4.69) is 16.5 Å². The maximum atomic E-state index is 5.94. The quantitative estimate of drug-likeness (QED) is 0.901. The average Bonchev–Trinajstić information content (AvgIpc) is 2.78. The highest BCUT2D eigenvalue weighted by Gasteiger charge is 1.99. The van der Waals surface area contributed by atoms with Gasteiger partial charge in [-0.3, -0.25) is 0 Å². The third-order valence-electron chi connectivity index (χ3n) is 2.31. The normalized spacial score (nSPS) is 11.2. The molecule has 0 fully saturated rings. The molecule has 0 aliphatic carbocycles. The molecule has 2 rings (SSSR count). The van der Waals surface area contributed by atoms with E-state index in [-0.39, 0.29) is 0 Å². The van der Waals surface area contributed by atoms with Crippen LogP contribution in [0.4, 0.5) is 0 Å². The number of halogens is 1.